The van der Waals surface area contributed by atoms with Crippen LogP contribution >= 0.6 is 11.6 Å². The lowest BCUT2D eigenvalue weighted by Crippen LogP contribution is -1.99. The van der Waals surface area contributed by atoms with Gasteiger partial charge in [0.25, 0.3) is 0 Å². The van der Waals surface area contributed by atoms with Gasteiger partial charge in [0.05, 0.1) is 11.6 Å². The fourth-order valence-electron chi connectivity index (χ4n) is 2.31. The molecule has 0 spiro atoms. The Balaban J connectivity index is 2.28. The molecule has 2 rings (SSSR count). The first-order valence-corrected chi connectivity index (χ1v) is 7.40. The first-order chi connectivity index (χ1) is 9.67. The summed E-state index contributed by atoms with van der Waals surface area (Å²) in [6.45, 7) is 2.05. The number of benzene rings is 2. The number of hydrogen-bond donors (Lipinski definition) is 1. The Bertz CT molecular complexity index is 620. The second-order valence-corrected chi connectivity index (χ2v) is 5.39. The van der Waals surface area contributed by atoms with Crippen LogP contribution in [0.2, 0.25) is 5.02 Å². The summed E-state index contributed by atoms with van der Waals surface area (Å²) in [5.41, 5.74) is 1.45. The maximum atomic E-state index is 12.1. The Morgan fingerprint density at radius 2 is 2.00 bits per heavy atom. The topological polar surface area (TPSA) is 37.3 Å². The van der Waals surface area contributed by atoms with Crippen LogP contribution in [0.15, 0.2) is 30.3 Å². The van der Waals surface area contributed by atoms with Crippen molar-refractivity contribution in [1.82, 2.24) is 0 Å². The van der Waals surface area contributed by atoms with E-state index in [-0.39, 0.29) is 12.4 Å². The minimum atomic E-state index is -0.0769. The van der Waals surface area contributed by atoms with Crippen LogP contribution in [0.1, 0.15) is 48.5 Å². The number of unbranched alkanes of at least 4 members (excludes halogenated alkanes) is 2. The maximum absolute atomic E-state index is 12.1. The van der Waals surface area contributed by atoms with Gasteiger partial charge in [-0.15, -0.1) is 0 Å². The molecule has 106 valence electrons. The Kier molecular flexibility index (Phi) is 5.16. The molecule has 2 aromatic carbocycles. The zero-order chi connectivity index (χ0) is 14.5. The van der Waals surface area contributed by atoms with Gasteiger partial charge in [-0.25, -0.2) is 0 Å². The SMILES string of the molecule is CCCCCC(=O)c1ccc2c(Cl)c(CO)ccc2c1. The molecule has 0 saturated heterocycles. The molecule has 2 aromatic rings. The highest BCUT2D eigenvalue weighted by atomic mass is 35.5. The number of Topliss-reactive ketones (excluding diaryl/α,β-unsaturated/α-hetero) is 1. The predicted molar refractivity (Wildman–Crippen MR) is 83.4 cm³/mol. The van der Waals surface area contributed by atoms with Crippen molar-refractivity contribution in [2.75, 3.05) is 0 Å². The van der Waals surface area contributed by atoms with Crippen molar-refractivity contribution in [3.05, 3.63) is 46.5 Å². The molecule has 0 aromatic heterocycles. The number of ketones is 1. The van der Waals surface area contributed by atoms with E-state index in [4.69, 9.17) is 11.6 Å². The zero-order valence-electron chi connectivity index (χ0n) is 11.7. The number of carbonyl (C=O) groups excluding carboxylic acids is 1. The third-order valence-electron chi connectivity index (χ3n) is 3.53. The molecule has 0 heterocycles. The minimum absolute atomic E-state index is 0.0769. The van der Waals surface area contributed by atoms with Gasteiger partial charge < -0.3 is 5.11 Å². The van der Waals surface area contributed by atoms with E-state index in [1.165, 1.54) is 0 Å². The highest BCUT2D eigenvalue weighted by molar-refractivity contribution is 6.36. The summed E-state index contributed by atoms with van der Waals surface area (Å²) in [5.74, 6) is 0.183. The molecule has 0 aliphatic heterocycles. The number of carbonyl (C=O) groups is 1. The Labute approximate surface area is 124 Å². The Morgan fingerprint density at radius 1 is 1.20 bits per heavy atom. The fraction of sp³-hybridized carbons (Fsp3) is 0.353. The molecule has 3 heteroatoms. The molecule has 0 radical (unpaired) electrons. The van der Waals surface area contributed by atoms with Gasteiger partial charge in [0.1, 0.15) is 0 Å². The molecule has 0 aliphatic carbocycles. The van der Waals surface area contributed by atoms with Crippen molar-refractivity contribution in [2.45, 2.75) is 39.2 Å². The molecular formula is C17H19ClO2. The average Bonchev–Trinajstić information content (AvgIpc) is 2.47. The van der Waals surface area contributed by atoms with Crippen molar-refractivity contribution in [2.24, 2.45) is 0 Å². The van der Waals surface area contributed by atoms with E-state index in [0.717, 1.165) is 35.6 Å². The van der Waals surface area contributed by atoms with Crippen LogP contribution in [0, 0.1) is 0 Å². The summed E-state index contributed by atoms with van der Waals surface area (Å²) in [5, 5.41) is 11.6. The highest BCUT2D eigenvalue weighted by Gasteiger charge is 2.09. The fourth-order valence-corrected chi connectivity index (χ4v) is 2.61. The number of aliphatic hydroxyl groups is 1. The molecule has 0 fully saturated rings. The van der Waals surface area contributed by atoms with Crippen molar-refractivity contribution >= 4 is 28.2 Å². The minimum Gasteiger partial charge on any atom is -0.392 e. The molecule has 20 heavy (non-hydrogen) atoms. The Morgan fingerprint density at radius 3 is 2.70 bits per heavy atom. The molecular weight excluding hydrogens is 272 g/mol. The summed E-state index contributed by atoms with van der Waals surface area (Å²) >= 11 is 6.23. The molecule has 0 unspecified atom stereocenters. The molecule has 0 saturated carbocycles. The second-order valence-electron chi connectivity index (χ2n) is 5.01. The summed E-state index contributed by atoms with van der Waals surface area (Å²) in [4.78, 5) is 12.1. The highest BCUT2D eigenvalue weighted by Crippen LogP contribution is 2.28. The predicted octanol–water partition coefficient (Wildman–Crippen LogP) is 4.75. The Hall–Kier alpha value is -1.38. The van der Waals surface area contributed by atoms with Gasteiger partial charge in [0.15, 0.2) is 5.78 Å². The largest absolute Gasteiger partial charge is 0.392 e. The number of hydrogen-bond acceptors (Lipinski definition) is 2. The van der Waals surface area contributed by atoms with Crippen LogP contribution < -0.4 is 0 Å². The van der Waals surface area contributed by atoms with E-state index in [1.807, 2.05) is 24.3 Å². The summed E-state index contributed by atoms with van der Waals surface area (Å²) in [6, 6.07) is 9.27. The average molecular weight is 291 g/mol. The quantitative estimate of drug-likeness (QED) is 0.616. The van der Waals surface area contributed by atoms with Gasteiger partial charge in [-0.2, -0.15) is 0 Å². The number of fused-ring (bicyclic) bond motifs is 1. The maximum Gasteiger partial charge on any atom is 0.162 e. The van der Waals surface area contributed by atoms with E-state index in [1.54, 1.807) is 6.07 Å². The van der Waals surface area contributed by atoms with Gasteiger partial charge in [-0.1, -0.05) is 55.6 Å². The first kappa shape index (κ1) is 15.0. The van der Waals surface area contributed by atoms with Gasteiger partial charge in [-0.3, -0.25) is 4.79 Å². The lowest BCUT2D eigenvalue weighted by Gasteiger charge is -2.07. The first-order valence-electron chi connectivity index (χ1n) is 7.02. The standard InChI is InChI=1S/C17H19ClO2/c1-2-3-4-5-16(20)13-8-9-15-12(10-13)6-7-14(11-19)17(15)18/h6-10,19H,2-5,11H2,1H3. The summed E-state index contributed by atoms with van der Waals surface area (Å²) in [6.07, 6.45) is 3.74. The third-order valence-corrected chi connectivity index (χ3v) is 3.98. The van der Waals surface area contributed by atoms with Gasteiger partial charge in [-0.05, 0) is 23.4 Å². The molecule has 1 N–H and O–H groups in total. The third kappa shape index (κ3) is 3.20. The van der Waals surface area contributed by atoms with Crippen LogP contribution in [0.25, 0.3) is 10.8 Å². The number of rotatable bonds is 6. The lowest BCUT2D eigenvalue weighted by atomic mass is 10.00. The van der Waals surface area contributed by atoms with E-state index in [0.29, 0.717) is 17.0 Å². The normalized spacial score (nSPS) is 10.9. The molecule has 0 atom stereocenters. The molecule has 0 bridgehead atoms. The number of aliphatic hydroxyl groups excluding tert-OH is 1. The van der Waals surface area contributed by atoms with Crippen molar-refractivity contribution < 1.29 is 9.90 Å². The van der Waals surface area contributed by atoms with E-state index in [9.17, 15) is 9.90 Å². The van der Waals surface area contributed by atoms with E-state index >= 15 is 0 Å². The summed E-state index contributed by atoms with van der Waals surface area (Å²) in [7, 11) is 0. The monoisotopic (exact) mass is 290 g/mol. The summed E-state index contributed by atoms with van der Waals surface area (Å²) < 4.78 is 0. The lowest BCUT2D eigenvalue weighted by molar-refractivity contribution is 0.0979. The van der Waals surface area contributed by atoms with Crippen LogP contribution in [0.5, 0.6) is 0 Å². The van der Waals surface area contributed by atoms with E-state index < -0.39 is 0 Å². The van der Waals surface area contributed by atoms with Crippen molar-refractivity contribution in [1.29, 1.82) is 0 Å². The van der Waals surface area contributed by atoms with Crippen molar-refractivity contribution in [3.8, 4) is 0 Å². The van der Waals surface area contributed by atoms with Gasteiger partial charge in [0.2, 0.25) is 0 Å². The van der Waals surface area contributed by atoms with Crippen LogP contribution in [0.4, 0.5) is 0 Å². The smallest absolute Gasteiger partial charge is 0.162 e. The van der Waals surface area contributed by atoms with Crippen LogP contribution in [-0.4, -0.2) is 10.9 Å². The molecule has 0 aliphatic rings. The van der Waals surface area contributed by atoms with Gasteiger partial charge >= 0.3 is 0 Å². The van der Waals surface area contributed by atoms with Gasteiger partial charge in [0, 0.05) is 17.4 Å². The van der Waals surface area contributed by atoms with Crippen LogP contribution in [0.3, 0.4) is 0 Å². The van der Waals surface area contributed by atoms with Crippen molar-refractivity contribution in [3.63, 3.8) is 0 Å². The molecule has 2 nitrogen and oxygen atoms in total. The molecule has 0 amide bonds. The zero-order valence-corrected chi connectivity index (χ0v) is 12.4. The second kappa shape index (κ2) is 6.87. The number of halogens is 1. The van der Waals surface area contributed by atoms with E-state index in [2.05, 4.69) is 6.92 Å². The van der Waals surface area contributed by atoms with Crippen LogP contribution in [-0.2, 0) is 6.61 Å².